The van der Waals surface area contributed by atoms with Gasteiger partial charge in [-0.2, -0.15) is 0 Å². The number of anilines is 1. The second kappa shape index (κ2) is 6.81. The van der Waals surface area contributed by atoms with E-state index in [-0.39, 0.29) is 12.2 Å². The Labute approximate surface area is 124 Å². The number of hydrogen-bond acceptors (Lipinski definition) is 4. The summed E-state index contributed by atoms with van der Waals surface area (Å²) in [6.45, 7) is -0.347. The van der Waals surface area contributed by atoms with E-state index in [9.17, 15) is 9.59 Å². The van der Waals surface area contributed by atoms with E-state index in [1.165, 1.54) is 6.20 Å². The highest BCUT2D eigenvalue weighted by Gasteiger charge is 2.11. The van der Waals surface area contributed by atoms with Gasteiger partial charge in [-0.1, -0.05) is 18.2 Å². The smallest absolute Gasteiger partial charge is 0.340 e. The second-order valence-electron chi connectivity index (χ2n) is 3.88. The molecule has 20 heavy (non-hydrogen) atoms. The van der Waals surface area contributed by atoms with E-state index < -0.39 is 11.9 Å². The summed E-state index contributed by atoms with van der Waals surface area (Å²) in [7, 11) is 0. The number of aromatic nitrogens is 1. The molecule has 0 aliphatic heterocycles. The van der Waals surface area contributed by atoms with Crippen molar-refractivity contribution < 1.29 is 14.3 Å². The number of esters is 1. The highest BCUT2D eigenvalue weighted by Crippen LogP contribution is 2.10. The van der Waals surface area contributed by atoms with Crippen LogP contribution in [0.2, 0.25) is 0 Å². The summed E-state index contributed by atoms with van der Waals surface area (Å²) in [5, 5.41) is 2.62. The van der Waals surface area contributed by atoms with Gasteiger partial charge >= 0.3 is 5.97 Å². The molecule has 0 fully saturated rings. The molecular formula is C14H11BrN2O3. The van der Waals surface area contributed by atoms with Crippen molar-refractivity contribution in [1.29, 1.82) is 0 Å². The highest BCUT2D eigenvalue weighted by atomic mass is 79.9. The Balaban J connectivity index is 1.86. The molecule has 0 unspecified atom stereocenters. The van der Waals surface area contributed by atoms with Crippen molar-refractivity contribution in [3.05, 3.63) is 58.8 Å². The molecule has 1 heterocycles. The van der Waals surface area contributed by atoms with E-state index in [1.54, 1.807) is 36.5 Å². The minimum Gasteiger partial charge on any atom is -0.452 e. The van der Waals surface area contributed by atoms with E-state index in [0.29, 0.717) is 10.2 Å². The van der Waals surface area contributed by atoms with Crippen LogP contribution in [-0.2, 0) is 9.53 Å². The zero-order valence-corrected chi connectivity index (χ0v) is 12.0. The monoisotopic (exact) mass is 334 g/mol. The van der Waals surface area contributed by atoms with Crippen LogP contribution in [0.5, 0.6) is 0 Å². The maximum Gasteiger partial charge on any atom is 0.340 e. The van der Waals surface area contributed by atoms with Gasteiger partial charge in [0.15, 0.2) is 6.61 Å². The molecule has 5 nitrogen and oxygen atoms in total. The van der Waals surface area contributed by atoms with Gasteiger partial charge in [0.25, 0.3) is 5.91 Å². The van der Waals surface area contributed by atoms with Crippen LogP contribution >= 0.6 is 15.9 Å². The van der Waals surface area contributed by atoms with Crippen LogP contribution in [0.3, 0.4) is 0 Å². The Morgan fingerprint density at radius 3 is 2.65 bits per heavy atom. The molecule has 2 rings (SSSR count). The number of amides is 1. The van der Waals surface area contributed by atoms with Gasteiger partial charge in [0, 0.05) is 22.6 Å². The molecule has 0 bridgehead atoms. The van der Waals surface area contributed by atoms with Crippen molar-refractivity contribution in [2.24, 2.45) is 0 Å². The van der Waals surface area contributed by atoms with Crippen molar-refractivity contribution in [2.45, 2.75) is 0 Å². The summed E-state index contributed by atoms with van der Waals surface area (Å²) in [4.78, 5) is 27.1. The van der Waals surface area contributed by atoms with Crippen LogP contribution in [0.4, 0.5) is 5.69 Å². The fourth-order valence-corrected chi connectivity index (χ4v) is 1.82. The molecule has 1 amide bonds. The number of ether oxygens (including phenoxy) is 1. The third-order valence-electron chi connectivity index (χ3n) is 2.33. The number of rotatable bonds is 4. The normalized spacial score (nSPS) is 9.85. The summed E-state index contributed by atoms with van der Waals surface area (Å²) >= 11 is 3.21. The first kappa shape index (κ1) is 14.2. The molecule has 0 aliphatic carbocycles. The van der Waals surface area contributed by atoms with Gasteiger partial charge in [0.2, 0.25) is 0 Å². The molecule has 1 aromatic carbocycles. The maximum atomic E-state index is 11.7. The minimum atomic E-state index is -0.595. The first-order valence-corrected chi connectivity index (χ1v) is 6.57. The van der Waals surface area contributed by atoms with Gasteiger partial charge in [-0.05, 0) is 34.1 Å². The first-order chi connectivity index (χ1) is 9.65. The van der Waals surface area contributed by atoms with Gasteiger partial charge in [-0.25, -0.2) is 4.79 Å². The minimum absolute atomic E-state index is 0.284. The van der Waals surface area contributed by atoms with Crippen molar-refractivity contribution in [2.75, 3.05) is 11.9 Å². The molecule has 2 aromatic rings. The lowest BCUT2D eigenvalue weighted by atomic mass is 10.3. The molecule has 1 aromatic heterocycles. The Morgan fingerprint density at radius 2 is 1.95 bits per heavy atom. The average molecular weight is 335 g/mol. The van der Waals surface area contributed by atoms with Crippen molar-refractivity contribution in [3.8, 4) is 0 Å². The summed E-state index contributed by atoms with van der Waals surface area (Å²) in [6, 6.07) is 10.5. The zero-order chi connectivity index (χ0) is 14.4. The molecule has 0 atom stereocenters. The summed E-state index contributed by atoms with van der Waals surface area (Å²) in [5.74, 6) is -0.991. The van der Waals surface area contributed by atoms with E-state index in [4.69, 9.17) is 4.74 Å². The van der Waals surface area contributed by atoms with Gasteiger partial charge < -0.3 is 10.1 Å². The fraction of sp³-hybridized carbons (Fsp3) is 0.0714. The number of benzene rings is 1. The van der Waals surface area contributed by atoms with Crippen LogP contribution in [0, 0.1) is 0 Å². The Morgan fingerprint density at radius 1 is 1.20 bits per heavy atom. The number of hydrogen-bond donors (Lipinski definition) is 1. The number of pyridine rings is 1. The number of para-hydroxylation sites is 1. The Bertz CT molecular complexity index is 617. The summed E-state index contributed by atoms with van der Waals surface area (Å²) in [6.07, 6.45) is 2.93. The van der Waals surface area contributed by atoms with Gasteiger partial charge in [-0.3, -0.25) is 9.78 Å². The van der Waals surface area contributed by atoms with Gasteiger partial charge in [0.05, 0.1) is 5.56 Å². The van der Waals surface area contributed by atoms with E-state index in [2.05, 4.69) is 26.2 Å². The van der Waals surface area contributed by atoms with Crippen LogP contribution in [0.1, 0.15) is 10.4 Å². The van der Waals surface area contributed by atoms with Crippen LogP contribution in [0.25, 0.3) is 0 Å². The second-order valence-corrected chi connectivity index (χ2v) is 4.80. The van der Waals surface area contributed by atoms with Crippen LogP contribution in [0.15, 0.2) is 53.3 Å². The largest absolute Gasteiger partial charge is 0.452 e. The molecule has 0 radical (unpaired) electrons. The molecule has 6 heteroatoms. The average Bonchev–Trinajstić information content (AvgIpc) is 2.46. The number of nitrogens with zero attached hydrogens (tertiary/aromatic N) is 1. The third kappa shape index (κ3) is 4.17. The topological polar surface area (TPSA) is 68.3 Å². The molecule has 1 N–H and O–H groups in total. The predicted molar refractivity (Wildman–Crippen MR) is 77.3 cm³/mol. The van der Waals surface area contributed by atoms with Crippen molar-refractivity contribution >= 4 is 33.5 Å². The molecule has 0 saturated heterocycles. The van der Waals surface area contributed by atoms with E-state index in [0.717, 1.165) is 0 Å². The quantitative estimate of drug-likeness (QED) is 0.872. The Hall–Kier alpha value is -2.21. The number of nitrogens with one attached hydrogen (secondary N) is 1. The lowest BCUT2D eigenvalue weighted by molar-refractivity contribution is -0.119. The number of halogens is 1. The zero-order valence-electron chi connectivity index (χ0n) is 10.4. The molecule has 0 spiro atoms. The maximum absolute atomic E-state index is 11.7. The molecule has 0 saturated carbocycles. The molecule has 0 aliphatic rings. The standard InChI is InChI=1S/C14H11BrN2O3/c15-11-6-10(7-16-8-11)14(19)20-9-13(18)17-12-4-2-1-3-5-12/h1-8H,9H2,(H,17,18). The van der Waals surface area contributed by atoms with Crippen molar-refractivity contribution in [3.63, 3.8) is 0 Å². The van der Waals surface area contributed by atoms with Gasteiger partial charge in [-0.15, -0.1) is 0 Å². The van der Waals surface area contributed by atoms with Gasteiger partial charge in [0.1, 0.15) is 0 Å². The number of carbonyl (C=O) groups is 2. The Kier molecular flexibility index (Phi) is 4.84. The lowest BCUT2D eigenvalue weighted by Gasteiger charge is -2.06. The summed E-state index contributed by atoms with van der Waals surface area (Å²) in [5.41, 5.74) is 0.935. The van der Waals surface area contributed by atoms with Crippen LogP contribution in [-0.4, -0.2) is 23.5 Å². The third-order valence-corrected chi connectivity index (χ3v) is 2.77. The first-order valence-electron chi connectivity index (χ1n) is 5.78. The summed E-state index contributed by atoms with van der Waals surface area (Å²) < 4.78 is 5.57. The lowest BCUT2D eigenvalue weighted by Crippen LogP contribution is -2.20. The van der Waals surface area contributed by atoms with E-state index >= 15 is 0 Å². The molecular weight excluding hydrogens is 324 g/mol. The molecule has 102 valence electrons. The highest BCUT2D eigenvalue weighted by molar-refractivity contribution is 9.10. The SMILES string of the molecule is O=C(COC(=O)c1cncc(Br)c1)Nc1ccccc1. The fourth-order valence-electron chi connectivity index (χ4n) is 1.46. The predicted octanol–water partition coefficient (Wildman–Crippen LogP) is 2.64. The van der Waals surface area contributed by atoms with Crippen molar-refractivity contribution in [1.82, 2.24) is 4.98 Å². The van der Waals surface area contributed by atoms with Crippen LogP contribution < -0.4 is 5.32 Å². The van der Waals surface area contributed by atoms with E-state index in [1.807, 2.05) is 6.07 Å². The number of carbonyl (C=O) groups excluding carboxylic acids is 2.